The Morgan fingerprint density at radius 1 is 1.31 bits per heavy atom. The molecule has 1 aromatic carbocycles. The number of nitrogens with one attached hydrogen (secondary N) is 1. The van der Waals surface area contributed by atoms with E-state index in [0.717, 1.165) is 17.7 Å². The fraction of sp³-hybridized carbons (Fsp3) is 0.133. The van der Waals surface area contributed by atoms with Crippen molar-refractivity contribution in [3.63, 3.8) is 0 Å². The third-order valence-electron chi connectivity index (χ3n) is 3.13. The molecule has 3 rings (SSSR count). The quantitative estimate of drug-likeness (QED) is 0.675. The van der Waals surface area contributed by atoms with Crippen LogP contribution in [0.3, 0.4) is 0 Å². The number of anilines is 1. The van der Waals surface area contributed by atoms with Gasteiger partial charge in [0.25, 0.3) is 0 Å². The van der Waals surface area contributed by atoms with Gasteiger partial charge < -0.3 is 4.74 Å². The summed E-state index contributed by atoms with van der Waals surface area (Å²) in [5.74, 6) is -0.716. The van der Waals surface area contributed by atoms with Crippen LogP contribution in [0.1, 0.15) is 11.4 Å². The number of hydrogen-bond acceptors (Lipinski definition) is 5. The van der Waals surface area contributed by atoms with E-state index in [1.807, 2.05) is 0 Å². The Labute approximate surface area is 154 Å². The summed E-state index contributed by atoms with van der Waals surface area (Å²) < 4.78 is 49.8. The van der Waals surface area contributed by atoms with Crippen molar-refractivity contribution < 1.29 is 22.7 Å². The summed E-state index contributed by atoms with van der Waals surface area (Å²) in [5, 5.41) is 6.72. The lowest BCUT2D eigenvalue weighted by molar-refractivity contribution is -0.143. The molecule has 0 aliphatic rings. The maximum absolute atomic E-state index is 13.5. The molecule has 0 unspecified atom stereocenters. The summed E-state index contributed by atoms with van der Waals surface area (Å²) in [6.07, 6.45) is -5.04. The molecular formula is C15H10ClF3N4O2S. The van der Waals surface area contributed by atoms with Crippen LogP contribution in [0.25, 0.3) is 5.69 Å². The average molecular weight is 403 g/mol. The highest BCUT2D eigenvalue weighted by Crippen LogP contribution is 2.38. The number of benzene rings is 1. The fourth-order valence-electron chi connectivity index (χ4n) is 2.09. The molecule has 0 saturated carbocycles. The minimum Gasteiger partial charge on any atom is -0.406 e. The molecule has 1 N–H and O–H groups in total. The van der Waals surface area contributed by atoms with Gasteiger partial charge in [-0.05, 0) is 48.8 Å². The van der Waals surface area contributed by atoms with Crippen LogP contribution in [0.4, 0.5) is 23.0 Å². The van der Waals surface area contributed by atoms with Gasteiger partial charge >= 0.3 is 12.3 Å². The van der Waals surface area contributed by atoms with E-state index < -0.39 is 23.7 Å². The SMILES string of the molecule is Cc1cc(NC(=O)Oc2cnn(-c3ccc(Cl)cc3)c2C(F)(F)F)sn1. The molecule has 0 fully saturated rings. The molecule has 11 heteroatoms. The van der Waals surface area contributed by atoms with Crippen LogP contribution in [-0.4, -0.2) is 20.2 Å². The normalized spacial score (nSPS) is 11.4. The van der Waals surface area contributed by atoms with Crippen molar-refractivity contribution in [1.29, 1.82) is 0 Å². The van der Waals surface area contributed by atoms with E-state index in [-0.39, 0.29) is 5.69 Å². The van der Waals surface area contributed by atoms with Gasteiger partial charge in [-0.2, -0.15) is 22.6 Å². The summed E-state index contributed by atoms with van der Waals surface area (Å²) in [6.45, 7) is 1.71. The molecule has 0 radical (unpaired) electrons. The first-order valence-corrected chi connectivity index (χ1v) is 8.22. The van der Waals surface area contributed by atoms with Gasteiger partial charge in [-0.1, -0.05) is 11.6 Å². The van der Waals surface area contributed by atoms with Gasteiger partial charge in [-0.3, -0.25) is 5.32 Å². The predicted octanol–water partition coefficient (Wildman–Crippen LogP) is 4.92. The maximum atomic E-state index is 13.5. The zero-order valence-corrected chi connectivity index (χ0v) is 14.6. The minimum atomic E-state index is -4.80. The van der Waals surface area contributed by atoms with Crippen LogP contribution in [0.2, 0.25) is 5.02 Å². The highest BCUT2D eigenvalue weighted by molar-refractivity contribution is 7.10. The topological polar surface area (TPSA) is 69.0 Å². The minimum absolute atomic E-state index is 0.120. The molecule has 0 bridgehead atoms. The summed E-state index contributed by atoms with van der Waals surface area (Å²) in [6, 6.07) is 7.16. The second-order valence-electron chi connectivity index (χ2n) is 5.09. The molecule has 0 spiro atoms. The Morgan fingerprint density at radius 2 is 2.00 bits per heavy atom. The molecule has 2 aromatic heterocycles. The molecule has 0 saturated heterocycles. The first-order chi connectivity index (χ1) is 12.2. The molecule has 0 atom stereocenters. The molecule has 6 nitrogen and oxygen atoms in total. The Hall–Kier alpha value is -2.59. The molecule has 0 aliphatic carbocycles. The molecular weight excluding hydrogens is 393 g/mol. The first kappa shape index (κ1) is 18.2. The van der Waals surface area contributed by atoms with Crippen LogP contribution in [0.15, 0.2) is 36.5 Å². The summed E-state index contributed by atoms with van der Waals surface area (Å²) in [4.78, 5) is 11.9. The van der Waals surface area contributed by atoms with Crippen LogP contribution >= 0.6 is 23.1 Å². The molecule has 3 aromatic rings. The summed E-state index contributed by atoms with van der Waals surface area (Å²) in [5.41, 5.74) is -0.428. The van der Waals surface area contributed by atoms with E-state index >= 15 is 0 Å². The third kappa shape index (κ3) is 3.97. The van der Waals surface area contributed by atoms with Crippen molar-refractivity contribution in [1.82, 2.24) is 14.2 Å². The van der Waals surface area contributed by atoms with Crippen LogP contribution < -0.4 is 10.1 Å². The fourth-order valence-corrected chi connectivity index (χ4v) is 2.87. The smallest absolute Gasteiger partial charge is 0.406 e. The van der Waals surface area contributed by atoms with E-state index in [1.165, 1.54) is 24.3 Å². The molecule has 1 amide bonds. The van der Waals surface area contributed by atoms with E-state index in [9.17, 15) is 18.0 Å². The van der Waals surface area contributed by atoms with Gasteiger partial charge in [0, 0.05) is 5.02 Å². The standard InChI is InChI=1S/C15H10ClF3N4O2S/c1-8-6-12(26-22-8)21-14(24)25-11-7-20-23(13(11)15(17,18)19)10-4-2-9(16)3-5-10/h2-7H,1H3,(H,21,24). The van der Waals surface area contributed by atoms with Crippen molar-refractivity contribution in [2.75, 3.05) is 5.32 Å². The van der Waals surface area contributed by atoms with Gasteiger partial charge in [0.15, 0.2) is 11.4 Å². The monoisotopic (exact) mass is 402 g/mol. The number of aromatic nitrogens is 3. The second-order valence-corrected chi connectivity index (χ2v) is 6.33. The number of rotatable bonds is 3. The number of amides is 1. The molecule has 2 heterocycles. The zero-order chi connectivity index (χ0) is 18.9. The van der Waals surface area contributed by atoms with Crippen molar-refractivity contribution in [3.8, 4) is 11.4 Å². The number of ether oxygens (including phenoxy) is 1. The highest BCUT2D eigenvalue weighted by Gasteiger charge is 2.40. The number of halogens is 4. The van der Waals surface area contributed by atoms with Crippen molar-refractivity contribution in [2.45, 2.75) is 13.1 Å². The van der Waals surface area contributed by atoms with Crippen molar-refractivity contribution in [3.05, 3.63) is 52.9 Å². The summed E-state index contributed by atoms with van der Waals surface area (Å²) >= 11 is 6.73. The van der Waals surface area contributed by atoms with Crippen LogP contribution in [0, 0.1) is 6.92 Å². The number of nitrogens with zero attached hydrogens (tertiary/aromatic N) is 3. The Balaban J connectivity index is 1.89. The lowest BCUT2D eigenvalue weighted by Crippen LogP contribution is -2.19. The average Bonchev–Trinajstić information content (AvgIpc) is 3.14. The number of carbonyl (C=O) groups excluding carboxylic acids is 1. The molecule has 0 aliphatic heterocycles. The third-order valence-corrected chi connectivity index (χ3v) is 4.18. The van der Waals surface area contributed by atoms with Crippen LogP contribution in [0.5, 0.6) is 5.75 Å². The maximum Gasteiger partial charge on any atom is 0.437 e. The van der Waals surface area contributed by atoms with Crippen molar-refractivity contribution >= 4 is 34.2 Å². The Morgan fingerprint density at radius 3 is 2.58 bits per heavy atom. The Bertz CT molecular complexity index is 937. The van der Waals surface area contributed by atoms with Gasteiger partial charge in [0.1, 0.15) is 5.00 Å². The van der Waals surface area contributed by atoms with Gasteiger partial charge in [0.2, 0.25) is 0 Å². The first-order valence-electron chi connectivity index (χ1n) is 7.07. The largest absolute Gasteiger partial charge is 0.437 e. The lowest BCUT2D eigenvalue weighted by Gasteiger charge is -2.12. The van der Waals surface area contributed by atoms with E-state index in [4.69, 9.17) is 16.3 Å². The number of hydrogen-bond donors (Lipinski definition) is 1. The number of carbonyl (C=O) groups is 1. The highest BCUT2D eigenvalue weighted by atomic mass is 35.5. The van der Waals surface area contributed by atoms with E-state index in [0.29, 0.717) is 20.4 Å². The number of aryl methyl sites for hydroxylation is 1. The van der Waals surface area contributed by atoms with Gasteiger partial charge in [0.05, 0.1) is 17.6 Å². The van der Waals surface area contributed by atoms with E-state index in [1.54, 1.807) is 13.0 Å². The number of alkyl halides is 3. The summed E-state index contributed by atoms with van der Waals surface area (Å²) in [7, 11) is 0. The lowest BCUT2D eigenvalue weighted by atomic mass is 10.3. The van der Waals surface area contributed by atoms with Gasteiger partial charge in [-0.15, -0.1) is 0 Å². The zero-order valence-electron chi connectivity index (χ0n) is 13.0. The predicted molar refractivity (Wildman–Crippen MR) is 90.1 cm³/mol. The second kappa shape index (κ2) is 6.96. The van der Waals surface area contributed by atoms with E-state index in [2.05, 4.69) is 14.8 Å². The van der Waals surface area contributed by atoms with Gasteiger partial charge in [-0.25, -0.2) is 9.48 Å². The molecule has 136 valence electrons. The van der Waals surface area contributed by atoms with Crippen LogP contribution in [-0.2, 0) is 6.18 Å². The van der Waals surface area contributed by atoms with Crippen molar-refractivity contribution in [2.24, 2.45) is 0 Å². The Kier molecular flexibility index (Phi) is 4.88. The molecule has 26 heavy (non-hydrogen) atoms.